The van der Waals surface area contributed by atoms with Crippen molar-refractivity contribution in [1.82, 2.24) is 20.2 Å². The Hall–Kier alpha value is -2.03. The Bertz CT molecular complexity index is 593. The van der Waals surface area contributed by atoms with E-state index in [4.69, 9.17) is 0 Å². The van der Waals surface area contributed by atoms with Crippen LogP contribution in [0.15, 0.2) is 17.8 Å². The van der Waals surface area contributed by atoms with Crippen molar-refractivity contribution < 1.29 is 23.1 Å². The number of nitrogens with zero attached hydrogens (tertiary/aromatic N) is 3. The van der Waals surface area contributed by atoms with Gasteiger partial charge >= 0.3 is 6.18 Å². The van der Waals surface area contributed by atoms with Gasteiger partial charge < -0.3 is 5.11 Å². The Labute approximate surface area is 112 Å². The van der Waals surface area contributed by atoms with Crippen LogP contribution < -0.4 is 5.43 Å². The molecule has 2 heterocycles. The second-order valence-electron chi connectivity index (χ2n) is 4.60. The number of halogens is 3. The van der Waals surface area contributed by atoms with E-state index in [1.54, 1.807) is 6.92 Å². The molecule has 1 unspecified atom stereocenters. The summed E-state index contributed by atoms with van der Waals surface area (Å²) < 4.78 is 40.2. The minimum atomic E-state index is -5.03. The van der Waals surface area contributed by atoms with Crippen molar-refractivity contribution in [3.05, 3.63) is 29.2 Å². The predicted octanol–water partition coefficient (Wildman–Crippen LogP) is 0.844. The molecule has 2 rings (SSSR count). The monoisotopic (exact) mass is 290 g/mol. The van der Waals surface area contributed by atoms with Gasteiger partial charge in [0.25, 0.3) is 11.6 Å². The molecule has 0 fully saturated rings. The first-order chi connectivity index (χ1) is 9.06. The minimum Gasteiger partial charge on any atom is -0.359 e. The molecule has 1 aliphatic rings. The maximum absolute atomic E-state index is 13.0. The van der Waals surface area contributed by atoms with Gasteiger partial charge in [0, 0.05) is 12.7 Å². The topological polar surface area (TPSA) is 70.4 Å². The molecule has 0 aliphatic carbocycles. The van der Waals surface area contributed by atoms with E-state index < -0.39 is 17.8 Å². The summed E-state index contributed by atoms with van der Waals surface area (Å²) in [6, 6.07) is 1.34. The highest BCUT2D eigenvalue weighted by atomic mass is 19.4. The number of carbonyl (C=O) groups excluding carboxylic acids is 1. The van der Waals surface area contributed by atoms with E-state index in [0.29, 0.717) is 11.8 Å². The van der Waals surface area contributed by atoms with Gasteiger partial charge in [-0.2, -0.15) is 18.3 Å². The number of alkyl halides is 3. The van der Waals surface area contributed by atoms with Gasteiger partial charge in [-0.15, -0.1) is 0 Å². The van der Waals surface area contributed by atoms with Gasteiger partial charge in [-0.25, -0.2) is 5.01 Å². The number of hydrazine groups is 1. The van der Waals surface area contributed by atoms with E-state index in [9.17, 15) is 23.1 Å². The molecule has 0 aromatic carbocycles. The van der Waals surface area contributed by atoms with Crippen molar-refractivity contribution >= 4 is 5.91 Å². The Balaban J connectivity index is 2.43. The summed E-state index contributed by atoms with van der Waals surface area (Å²) in [5.41, 5.74) is -0.725. The highest BCUT2D eigenvalue weighted by Crippen LogP contribution is 2.38. The number of hydrogen-bond acceptors (Lipinski definition) is 4. The predicted molar refractivity (Wildman–Crippen MR) is 62.0 cm³/mol. The molecule has 20 heavy (non-hydrogen) atoms. The Morgan fingerprint density at radius 1 is 1.45 bits per heavy atom. The molecule has 0 saturated carbocycles. The van der Waals surface area contributed by atoms with E-state index in [2.05, 4.69) is 10.5 Å². The van der Waals surface area contributed by atoms with Crippen LogP contribution >= 0.6 is 0 Å². The summed E-state index contributed by atoms with van der Waals surface area (Å²) in [5.74, 6) is -1.03. The first-order valence-corrected chi connectivity index (χ1v) is 5.66. The SMILES string of the molecule is CC1=CC(O)(C(F)(F)F)N(C(=O)c2cc(C)nn2C)N1. The Morgan fingerprint density at radius 2 is 2.05 bits per heavy atom. The lowest BCUT2D eigenvalue weighted by Crippen LogP contribution is -2.60. The average Bonchev–Trinajstić information content (AvgIpc) is 2.77. The van der Waals surface area contributed by atoms with E-state index in [1.807, 2.05) is 0 Å². The van der Waals surface area contributed by atoms with Crippen molar-refractivity contribution in [1.29, 1.82) is 0 Å². The lowest BCUT2D eigenvalue weighted by molar-refractivity contribution is -0.283. The minimum absolute atomic E-state index is 0.0251. The lowest BCUT2D eigenvalue weighted by atomic mass is 10.2. The van der Waals surface area contributed by atoms with Crippen LogP contribution in [0.25, 0.3) is 0 Å². The molecule has 1 aliphatic heterocycles. The largest absolute Gasteiger partial charge is 0.442 e. The molecule has 6 nitrogen and oxygen atoms in total. The fourth-order valence-electron chi connectivity index (χ4n) is 2.00. The van der Waals surface area contributed by atoms with E-state index >= 15 is 0 Å². The fourth-order valence-corrected chi connectivity index (χ4v) is 2.00. The highest BCUT2D eigenvalue weighted by Gasteiger charge is 2.61. The zero-order chi connectivity index (χ0) is 15.3. The van der Waals surface area contributed by atoms with Crippen LogP contribution in [0.3, 0.4) is 0 Å². The highest BCUT2D eigenvalue weighted by molar-refractivity contribution is 5.93. The summed E-state index contributed by atoms with van der Waals surface area (Å²) in [6.45, 7) is 2.92. The first-order valence-electron chi connectivity index (χ1n) is 5.66. The van der Waals surface area contributed by atoms with Gasteiger partial charge in [0.1, 0.15) is 5.69 Å². The zero-order valence-corrected chi connectivity index (χ0v) is 11.0. The molecule has 1 aromatic rings. The van der Waals surface area contributed by atoms with Crippen molar-refractivity contribution in [2.75, 3.05) is 0 Å². The molecule has 1 atom stereocenters. The molecule has 1 amide bonds. The number of aromatic nitrogens is 2. The molecule has 110 valence electrons. The Kier molecular flexibility index (Phi) is 3.04. The molecule has 9 heteroatoms. The summed E-state index contributed by atoms with van der Waals surface area (Å²) in [5, 5.41) is 13.8. The molecule has 0 bridgehead atoms. The number of rotatable bonds is 1. The van der Waals surface area contributed by atoms with Crippen molar-refractivity contribution in [2.24, 2.45) is 7.05 Å². The smallest absolute Gasteiger partial charge is 0.359 e. The molecule has 0 spiro atoms. The average molecular weight is 290 g/mol. The molecular weight excluding hydrogens is 277 g/mol. The maximum atomic E-state index is 13.0. The summed E-state index contributed by atoms with van der Waals surface area (Å²) in [7, 11) is 1.43. The quantitative estimate of drug-likeness (QED) is 0.804. The maximum Gasteiger partial charge on any atom is 0.442 e. The van der Waals surface area contributed by atoms with Gasteiger partial charge in [0.2, 0.25) is 0 Å². The van der Waals surface area contributed by atoms with E-state index in [0.717, 1.165) is 4.68 Å². The van der Waals surface area contributed by atoms with Gasteiger partial charge in [-0.3, -0.25) is 14.9 Å². The van der Waals surface area contributed by atoms with Crippen LogP contribution in [0.2, 0.25) is 0 Å². The van der Waals surface area contributed by atoms with E-state index in [-0.39, 0.29) is 16.4 Å². The number of hydrogen-bond donors (Lipinski definition) is 2. The summed E-state index contributed by atoms with van der Waals surface area (Å²) >= 11 is 0. The van der Waals surface area contributed by atoms with Gasteiger partial charge in [-0.1, -0.05) is 0 Å². The lowest BCUT2D eigenvalue weighted by Gasteiger charge is -2.33. The van der Waals surface area contributed by atoms with Crippen molar-refractivity contribution in [3.63, 3.8) is 0 Å². The molecule has 0 radical (unpaired) electrons. The van der Waals surface area contributed by atoms with Crippen molar-refractivity contribution in [3.8, 4) is 0 Å². The number of amides is 1. The third-order valence-electron chi connectivity index (χ3n) is 2.89. The molecular formula is C11H13F3N4O2. The van der Waals surface area contributed by atoms with Crippen LogP contribution in [0.5, 0.6) is 0 Å². The molecule has 2 N–H and O–H groups in total. The van der Waals surface area contributed by atoms with Crippen LogP contribution in [0.4, 0.5) is 13.2 Å². The number of aryl methyl sites for hydroxylation is 2. The van der Waals surface area contributed by atoms with Gasteiger partial charge in [-0.05, 0) is 26.0 Å². The number of nitrogens with one attached hydrogen (secondary N) is 1. The van der Waals surface area contributed by atoms with Crippen LogP contribution in [-0.2, 0) is 7.05 Å². The zero-order valence-electron chi connectivity index (χ0n) is 11.0. The van der Waals surface area contributed by atoms with Gasteiger partial charge in [0.05, 0.1) is 5.69 Å². The molecule has 0 saturated heterocycles. The number of allylic oxidation sites excluding steroid dienone is 1. The molecule has 1 aromatic heterocycles. The number of aliphatic hydroxyl groups is 1. The second-order valence-corrected chi connectivity index (χ2v) is 4.60. The summed E-state index contributed by atoms with van der Waals surface area (Å²) in [6.07, 6.45) is -4.48. The van der Waals surface area contributed by atoms with Crippen LogP contribution in [-0.4, -0.2) is 37.7 Å². The van der Waals surface area contributed by atoms with E-state index in [1.165, 1.54) is 20.0 Å². The standard InChI is InChI=1S/C11H13F3N4O2/c1-6-4-8(17(3)15-6)9(19)18-10(20,11(12,13)14)5-7(2)16-18/h4-5,16,20H,1-3H3. The van der Waals surface area contributed by atoms with Crippen LogP contribution in [0, 0.1) is 6.92 Å². The Morgan fingerprint density at radius 3 is 2.50 bits per heavy atom. The van der Waals surface area contributed by atoms with Gasteiger partial charge in [0.15, 0.2) is 0 Å². The third-order valence-corrected chi connectivity index (χ3v) is 2.89. The normalized spacial score (nSPS) is 22.8. The van der Waals surface area contributed by atoms with Crippen LogP contribution in [0.1, 0.15) is 23.1 Å². The van der Waals surface area contributed by atoms with Crippen molar-refractivity contribution in [2.45, 2.75) is 25.7 Å². The fraction of sp³-hybridized carbons (Fsp3) is 0.455. The second kappa shape index (κ2) is 4.23. The third kappa shape index (κ3) is 2.03. The number of carbonyl (C=O) groups is 1. The summed E-state index contributed by atoms with van der Waals surface area (Å²) in [4.78, 5) is 12.2. The first kappa shape index (κ1) is 14.4.